The number of hydrogen-bond acceptors (Lipinski definition) is 5. The molecule has 0 radical (unpaired) electrons. The smallest absolute Gasteiger partial charge is 0.309 e. The van der Waals surface area contributed by atoms with E-state index in [-0.39, 0.29) is 6.42 Å². The van der Waals surface area contributed by atoms with Crippen LogP contribution < -0.4 is 4.90 Å². The topological polar surface area (TPSA) is 75.5 Å². The average molecular weight is 237 g/mol. The molecule has 17 heavy (non-hydrogen) atoms. The van der Waals surface area contributed by atoms with Crippen LogP contribution in [0.15, 0.2) is 6.07 Å². The zero-order chi connectivity index (χ0) is 12.3. The van der Waals surface area contributed by atoms with E-state index in [0.29, 0.717) is 24.9 Å². The molecule has 1 aromatic rings. The summed E-state index contributed by atoms with van der Waals surface area (Å²) in [5, 5.41) is 8.77. The maximum Gasteiger partial charge on any atom is 0.309 e. The molecule has 0 unspecified atom stereocenters. The number of carbonyl (C=O) groups is 1. The van der Waals surface area contributed by atoms with Gasteiger partial charge >= 0.3 is 5.97 Å². The van der Waals surface area contributed by atoms with Gasteiger partial charge in [0, 0.05) is 18.8 Å². The molecule has 1 fully saturated rings. The van der Waals surface area contributed by atoms with Crippen LogP contribution in [0.1, 0.15) is 11.4 Å². The van der Waals surface area contributed by atoms with Crippen molar-refractivity contribution in [3.63, 3.8) is 0 Å². The highest BCUT2D eigenvalue weighted by atomic mass is 16.5. The number of aromatic nitrogens is 2. The molecule has 0 bridgehead atoms. The summed E-state index contributed by atoms with van der Waals surface area (Å²) in [6, 6.07) is 1.71. The number of ether oxygens (including phenoxy) is 1. The Hall–Kier alpha value is -1.69. The summed E-state index contributed by atoms with van der Waals surface area (Å²) >= 11 is 0. The van der Waals surface area contributed by atoms with Crippen molar-refractivity contribution in [1.82, 2.24) is 9.97 Å². The molecule has 2 heterocycles. The van der Waals surface area contributed by atoms with Gasteiger partial charge in [0.15, 0.2) is 0 Å². The van der Waals surface area contributed by atoms with Crippen molar-refractivity contribution in [1.29, 1.82) is 0 Å². The Labute approximate surface area is 99.2 Å². The molecule has 1 saturated heterocycles. The Bertz CT molecular complexity index is 416. The first-order chi connectivity index (χ1) is 8.15. The monoisotopic (exact) mass is 237 g/mol. The number of aliphatic carboxylic acids is 1. The molecule has 0 aromatic carbocycles. The predicted molar refractivity (Wildman–Crippen MR) is 61.1 cm³/mol. The van der Waals surface area contributed by atoms with Crippen molar-refractivity contribution in [2.24, 2.45) is 0 Å². The molecular formula is C11H15N3O3. The molecule has 1 aliphatic heterocycles. The van der Waals surface area contributed by atoms with E-state index in [9.17, 15) is 4.79 Å². The number of carboxylic acids is 1. The summed E-state index contributed by atoms with van der Waals surface area (Å²) in [6.07, 6.45) is -0.0688. The largest absolute Gasteiger partial charge is 0.481 e. The normalized spacial score (nSPS) is 15.9. The fourth-order valence-corrected chi connectivity index (χ4v) is 1.77. The van der Waals surface area contributed by atoms with E-state index in [0.717, 1.165) is 18.8 Å². The van der Waals surface area contributed by atoms with E-state index in [1.54, 1.807) is 6.07 Å². The van der Waals surface area contributed by atoms with Crippen LogP contribution in [0.5, 0.6) is 0 Å². The van der Waals surface area contributed by atoms with Crippen molar-refractivity contribution in [2.45, 2.75) is 13.3 Å². The molecule has 1 aliphatic rings. The van der Waals surface area contributed by atoms with E-state index in [2.05, 4.69) is 9.97 Å². The lowest BCUT2D eigenvalue weighted by Crippen LogP contribution is -2.37. The Morgan fingerprint density at radius 3 is 2.82 bits per heavy atom. The summed E-state index contributed by atoms with van der Waals surface area (Å²) in [5.41, 5.74) is 1.34. The highest BCUT2D eigenvalue weighted by molar-refractivity contribution is 5.69. The van der Waals surface area contributed by atoms with Crippen molar-refractivity contribution in [2.75, 3.05) is 31.2 Å². The van der Waals surface area contributed by atoms with Gasteiger partial charge in [-0.25, -0.2) is 9.97 Å². The second kappa shape index (κ2) is 5.09. The summed E-state index contributed by atoms with van der Waals surface area (Å²) < 4.78 is 5.25. The van der Waals surface area contributed by atoms with Crippen molar-refractivity contribution >= 4 is 11.9 Å². The van der Waals surface area contributed by atoms with Crippen LogP contribution in [-0.4, -0.2) is 47.3 Å². The second-order valence-corrected chi connectivity index (χ2v) is 3.97. The number of hydrogen-bond donors (Lipinski definition) is 1. The van der Waals surface area contributed by atoms with Gasteiger partial charge in [-0.2, -0.15) is 0 Å². The third kappa shape index (κ3) is 3.13. The van der Waals surface area contributed by atoms with Gasteiger partial charge in [0.2, 0.25) is 5.95 Å². The number of carboxylic acid groups (broad SMARTS) is 1. The number of morpholine rings is 1. The second-order valence-electron chi connectivity index (χ2n) is 3.97. The molecule has 0 aliphatic carbocycles. The number of rotatable bonds is 3. The fraction of sp³-hybridized carbons (Fsp3) is 0.545. The van der Waals surface area contributed by atoms with Gasteiger partial charge in [-0.3, -0.25) is 4.79 Å². The first kappa shape index (κ1) is 11.8. The maximum atomic E-state index is 10.7. The van der Waals surface area contributed by atoms with E-state index in [1.165, 1.54) is 0 Å². The lowest BCUT2D eigenvalue weighted by atomic mass is 10.2. The summed E-state index contributed by atoms with van der Waals surface area (Å²) in [4.78, 5) is 21.3. The van der Waals surface area contributed by atoms with Crippen molar-refractivity contribution in [3.8, 4) is 0 Å². The molecule has 1 aromatic heterocycles. The minimum atomic E-state index is -0.879. The maximum absolute atomic E-state index is 10.7. The van der Waals surface area contributed by atoms with Gasteiger partial charge in [0.25, 0.3) is 0 Å². The van der Waals surface area contributed by atoms with Crippen LogP contribution in [0.4, 0.5) is 5.95 Å². The summed E-state index contributed by atoms with van der Waals surface area (Å²) in [5.74, 6) is -0.277. The van der Waals surface area contributed by atoms with E-state index >= 15 is 0 Å². The quantitative estimate of drug-likeness (QED) is 0.812. The Morgan fingerprint density at radius 1 is 1.47 bits per heavy atom. The molecule has 0 saturated carbocycles. The van der Waals surface area contributed by atoms with Gasteiger partial charge < -0.3 is 14.7 Å². The molecule has 6 nitrogen and oxygen atoms in total. The third-order valence-electron chi connectivity index (χ3n) is 2.52. The predicted octanol–water partition coefficient (Wildman–Crippen LogP) is 0.249. The summed E-state index contributed by atoms with van der Waals surface area (Å²) in [7, 11) is 0. The molecule has 1 N–H and O–H groups in total. The number of aryl methyl sites for hydroxylation is 1. The SMILES string of the molecule is Cc1cc(CC(=O)O)nc(N2CCOCC2)n1. The minimum Gasteiger partial charge on any atom is -0.481 e. The van der Waals surface area contributed by atoms with Crippen LogP contribution in [0.2, 0.25) is 0 Å². The Kier molecular flexibility index (Phi) is 3.53. The van der Waals surface area contributed by atoms with Crippen LogP contribution in [0.25, 0.3) is 0 Å². The lowest BCUT2D eigenvalue weighted by molar-refractivity contribution is -0.136. The van der Waals surface area contributed by atoms with Gasteiger partial charge in [0.05, 0.1) is 25.3 Å². The van der Waals surface area contributed by atoms with Gasteiger partial charge in [-0.05, 0) is 13.0 Å². The van der Waals surface area contributed by atoms with Crippen LogP contribution in [-0.2, 0) is 16.0 Å². The van der Waals surface area contributed by atoms with E-state index in [1.807, 2.05) is 11.8 Å². The average Bonchev–Trinajstić information content (AvgIpc) is 2.28. The minimum absolute atomic E-state index is 0.0688. The van der Waals surface area contributed by atoms with Crippen LogP contribution in [0, 0.1) is 6.92 Å². The standard InChI is InChI=1S/C11H15N3O3/c1-8-6-9(7-10(15)16)13-11(12-8)14-2-4-17-5-3-14/h6H,2-5,7H2,1H3,(H,15,16). The van der Waals surface area contributed by atoms with Crippen LogP contribution in [0.3, 0.4) is 0 Å². The Balaban J connectivity index is 2.20. The summed E-state index contributed by atoms with van der Waals surface area (Å²) in [6.45, 7) is 4.65. The van der Waals surface area contributed by atoms with E-state index in [4.69, 9.17) is 9.84 Å². The first-order valence-corrected chi connectivity index (χ1v) is 5.54. The molecular weight excluding hydrogens is 222 g/mol. The zero-order valence-electron chi connectivity index (χ0n) is 9.72. The van der Waals surface area contributed by atoms with Crippen molar-refractivity contribution in [3.05, 3.63) is 17.5 Å². The van der Waals surface area contributed by atoms with Gasteiger partial charge in [-0.15, -0.1) is 0 Å². The van der Waals surface area contributed by atoms with Gasteiger partial charge in [-0.1, -0.05) is 0 Å². The van der Waals surface area contributed by atoms with Crippen LogP contribution >= 0.6 is 0 Å². The van der Waals surface area contributed by atoms with Gasteiger partial charge in [0.1, 0.15) is 0 Å². The molecule has 2 rings (SSSR count). The molecule has 6 heteroatoms. The third-order valence-corrected chi connectivity index (χ3v) is 2.52. The van der Waals surface area contributed by atoms with Crippen molar-refractivity contribution < 1.29 is 14.6 Å². The highest BCUT2D eigenvalue weighted by Gasteiger charge is 2.15. The fourth-order valence-electron chi connectivity index (χ4n) is 1.77. The first-order valence-electron chi connectivity index (χ1n) is 5.54. The lowest BCUT2D eigenvalue weighted by Gasteiger charge is -2.27. The number of nitrogens with zero attached hydrogens (tertiary/aromatic N) is 3. The number of anilines is 1. The molecule has 92 valence electrons. The Morgan fingerprint density at radius 2 is 2.18 bits per heavy atom. The highest BCUT2D eigenvalue weighted by Crippen LogP contribution is 2.12. The van der Waals surface area contributed by atoms with E-state index < -0.39 is 5.97 Å². The zero-order valence-corrected chi connectivity index (χ0v) is 9.72. The molecule has 0 spiro atoms. The molecule has 0 amide bonds. The molecule has 0 atom stereocenters.